The molecule has 0 unspecified atom stereocenters. The van der Waals surface area contributed by atoms with E-state index in [0.717, 1.165) is 29.9 Å². The molecule has 1 aromatic heterocycles. The number of rotatable bonds is 7. The number of hydrogen-bond donors (Lipinski definition) is 3. The standard InChI is InChI=1S/C18H24FN5O2.HI/c1-4-15-14(16(5-2)26-24-15)10-21-18(20-3)22-11-17(25)23-13-8-6-7-12(19)9-13;/h6-9H,4-5,10-11H2,1-3H3,(H,23,25)(H2,20,21,22);1H. The van der Waals surface area contributed by atoms with Crippen LogP contribution in [0.2, 0.25) is 0 Å². The lowest BCUT2D eigenvalue weighted by Gasteiger charge is -2.12. The minimum atomic E-state index is -0.402. The number of carbonyl (C=O) groups excluding carboxylic acids is 1. The quantitative estimate of drug-likeness (QED) is 0.316. The van der Waals surface area contributed by atoms with Crippen molar-refractivity contribution >= 4 is 41.5 Å². The predicted octanol–water partition coefficient (Wildman–Crippen LogP) is 2.86. The molecular weight excluding hydrogens is 464 g/mol. The molecule has 0 saturated heterocycles. The molecule has 0 spiro atoms. The van der Waals surface area contributed by atoms with Gasteiger partial charge in [-0.05, 0) is 24.6 Å². The number of benzene rings is 1. The number of amides is 1. The highest BCUT2D eigenvalue weighted by Gasteiger charge is 2.14. The summed E-state index contributed by atoms with van der Waals surface area (Å²) in [5, 5.41) is 12.8. The zero-order valence-corrected chi connectivity index (χ0v) is 18.0. The number of aryl methyl sites for hydroxylation is 2. The fourth-order valence-corrected chi connectivity index (χ4v) is 2.47. The van der Waals surface area contributed by atoms with Crippen molar-refractivity contribution in [1.29, 1.82) is 0 Å². The van der Waals surface area contributed by atoms with Crippen LogP contribution in [-0.4, -0.2) is 30.6 Å². The van der Waals surface area contributed by atoms with Crippen LogP contribution in [-0.2, 0) is 24.2 Å². The van der Waals surface area contributed by atoms with E-state index in [1.54, 1.807) is 13.1 Å². The third kappa shape index (κ3) is 6.81. The first-order valence-corrected chi connectivity index (χ1v) is 8.53. The van der Waals surface area contributed by atoms with Gasteiger partial charge < -0.3 is 20.5 Å². The van der Waals surface area contributed by atoms with Crippen molar-refractivity contribution in [2.24, 2.45) is 4.99 Å². The van der Waals surface area contributed by atoms with Gasteiger partial charge in [0.25, 0.3) is 0 Å². The summed E-state index contributed by atoms with van der Waals surface area (Å²) in [6, 6.07) is 5.74. The maximum atomic E-state index is 13.1. The largest absolute Gasteiger partial charge is 0.361 e. The Morgan fingerprint density at radius 3 is 2.67 bits per heavy atom. The molecule has 0 aliphatic heterocycles. The number of nitrogens with zero attached hydrogens (tertiary/aromatic N) is 2. The van der Waals surface area contributed by atoms with Crippen LogP contribution >= 0.6 is 24.0 Å². The minimum absolute atomic E-state index is 0. The second-order valence-corrected chi connectivity index (χ2v) is 5.58. The Bertz CT molecular complexity index is 757. The van der Waals surface area contributed by atoms with Gasteiger partial charge in [0.05, 0.1) is 12.2 Å². The highest BCUT2D eigenvalue weighted by atomic mass is 127. The lowest BCUT2D eigenvalue weighted by Crippen LogP contribution is -2.41. The monoisotopic (exact) mass is 489 g/mol. The van der Waals surface area contributed by atoms with Crippen LogP contribution in [0.15, 0.2) is 33.8 Å². The number of hydrogen-bond acceptors (Lipinski definition) is 4. The van der Waals surface area contributed by atoms with Gasteiger partial charge in [-0.3, -0.25) is 9.79 Å². The first kappa shape index (κ1) is 22.9. The van der Waals surface area contributed by atoms with Crippen LogP contribution in [0.5, 0.6) is 0 Å². The van der Waals surface area contributed by atoms with E-state index < -0.39 is 5.82 Å². The smallest absolute Gasteiger partial charge is 0.243 e. The van der Waals surface area contributed by atoms with E-state index >= 15 is 0 Å². The molecule has 1 aromatic carbocycles. The highest BCUT2D eigenvalue weighted by molar-refractivity contribution is 14.0. The number of aliphatic imine (C=N–C) groups is 1. The SMILES string of the molecule is CCc1noc(CC)c1CNC(=NC)NCC(=O)Nc1cccc(F)c1.I. The Balaban J connectivity index is 0.00000364. The van der Waals surface area contributed by atoms with Gasteiger partial charge in [-0.25, -0.2) is 4.39 Å². The Kier molecular flexibility index (Phi) is 9.76. The van der Waals surface area contributed by atoms with Gasteiger partial charge in [0.2, 0.25) is 5.91 Å². The van der Waals surface area contributed by atoms with E-state index in [9.17, 15) is 9.18 Å². The molecule has 0 atom stereocenters. The second-order valence-electron chi connectivity index (χ2n) is 5.58. The van der Waals surface area contributed by atoms with Gasteiger partial charge in [0.1, 0.15) is 11.6 Å². The van der Waals surface area contributed by atoms with E-state index in [4.69, 9.17) is 4.52 Å². The molecule has 1 heterocycles. The van der Waals surface area contributed by atoms with Crippen LogP contribution in [0.3, 0.4) is 0 Å². The molecule has 2 rings (SSSR count). The topological polar surface area (TPSA) is 91.6 Å². The second kappa shape index (κ2) is 11.5. The number of anilines is 1. The molecular formula is C18H25FIN5O2. The number of carbonyl (C=O) groups is 1. The maximum Gasteiger partial charge on any atom is 0.243 e. The van der Waals surface area contributed by atoms with Crippen LogP contribution < -0.4 is 16.0 Å². The fourth-order valence-electron chi connectivity index (χ4n) is 2.47. The third-order valence-electron chi connectivity index (χ3n) is 3.79. The molecule has 0 fully saturated rings. The molecule has 0 aliphatic rings. The zero-order chi connectivity index (χ0) is 18.9. The molecule has 27 heavy (non-hydrogen) atoms. The van der Waals surface area contributed by atoms with Crippen molar-refractivity contribution in [3.05, 3.63) is 47.1 Å². The van der Waals surface area contributed by atoms with Gasteiger partial charge in [0, 0.05) is 31.3 Å². The molecule has 1 amide bonds. The number of guanidine groups is 1. The Labute approximate surface area is 175 Å². The molecule has 7 nitrogen and oxygen atoms in total. The molecule has 0 saturated carbocycles. The Hall–Kier alpha value is -2.17. The van der Waals surface area contributed by atoms with Gasteiger partial charge >= 0.3 is 0 Å². The summed E-state index contributed by atoms with van der Waals surface area (Å²) < 4.78 is 18.5. The van der Waals surface area contributed by atoms with Crippen molar-refractivity contribution in [2.75, 3.05) is 18.9 Å². The van der Waals surface area contributed by atoms with Crippen molar-refractivity contribution in [2.45, 2.75) is 33.2 Å². The van der Waals surface area contributed by atoms with E-state index in [-0.39, 0.29) is 36.4 Å². The molecule has 2 aromatic rings. The molecule has 0 aliphatic carbocycles. The summed E-state index contributed by atoms with van der Waals surface area (Å²) in [7, 11) is 1.62. The van der Waals surface area contributed by atoms with Gasteiger partial charge in [0.15, 0.2) is 5.96 Å². The summed E-state index contributed by atoms with van der Waals surface area (Å²) >= 11 is 0. The third-order valence-corrected chi connectivity index (χ3v) is 3.79. The van der Waals surface area contributed by atoms with E-state index in [1.807, 2.05) is 13.8 Å². The minimum Gasteiger partial charge on any atom is -0.361 e. The predicted molar refractivity (Wildman–Crippen MR) is 114 cm³/mol. The van der Waals surface area contributed by atoms with Crippen molar-refractivity contribution in [3.63, 3.8) is 0 Å². The van der Waals surface area contributed by atoms with Crippen LogP contribution in [0.4, 0.5) is 10.1 Å². The van der Waals surface area contributed by atoms with Gasteiger partial charge in [-0.2, -0.15) is 0 Å². The lowest BCUT2D eigenvalue weighted by molar-refractivity contribution is -0.115. The molecule has 0 bridgehead atoms. The Morgan fingerprint density at radius 2 is 2.04 bits per heavy atom. The highest BCUT2D eigenvalue weighted by Crippen LogP contribution is 2.15. The van der Waals surface area contributed by atoms with E-state index in [2.05, 4.69) is 26.1 Å². The first-order chi connectivity index (χ1) is 12.6. The molecule has 0 radical (unpaired) electrons. The number of aromatic nitrogens is 1. The van der Waals surface area contributed by atoms with Crippen molar-refractivity contribution in [3.8, 4) is 0 Å². The summed E-state index contributed by atoms with van der Waals surface area (Å²) in [4.78, 5) is 16.1. The molecule has 3 N–H and O–H groups in total. The average Bonchev–Trinajstić information content (AvgIpc) is 3.04. The maximum absolute atomic E-state index is 13.1. The fraction of sp³-hybridized carbons (Fsp3) is 0.389. The van der Waals surface area contributed by atoms with Gasteiger partial charge in [-0.15, -0.1) is 24.0 Å². The average molecular weight is 489 g/mol. The summed E-state index contributed by atoms with van der Waals surface area (Å²) in [5.74, 6) is 0.616. The normalized spacial score (nSPS) is 10.9. The number of halogens is 2. The van der Waals surface area contributed by atoms with Crippen LogP contribution in [0, 0.1) is 5.82 Å². The molecule has 148 valence electrons. The number of nitrogens with one attached hydrogen (secondary N) is 3. The lowest BCUT2D eigenvalue weighted by atomic mass is 10.1. The van der Waals surface area contributed by atoms with Crippen LogP contribution in [0.25, 0.3) is 0 Å². The molecule has 9 heteroatoms. The van der Waals surface area contributed by atoms with Crippen molar-refractivity contribution in [1.82, 2.24) is 15.8 Å². The zero-order valence-electron chi connectivity index (χ0n) is 15.6. The van der Waals surface area contributed by atoms with Crippen LogP contribution in [0.1, 0.15) is 30.9 Å². The summed E-state index contributed by atoms with van der Waals surface area (Å²) in [6.07, 6.45) is 1.54. The van der Waals surface area contributed by atoms with E-state index in [1.165, 1.54) is 18.2 Å². The summed E-state index contributed by atoms with van der Waals surface area (Å²) in [5.41, 5.74) is 2.33. The van der Waals surface area contributed by atoms with Gasteiger partial charge in [-0.1, -0.05) is 25.1 Å². The summed E-state index contributed by atoms with van der Waals surface area (Å²) in [6.45, 7) is 4.53. The van der Waals surface area contributed by atoms with E-state index in [0.29, 0.717) is 18.2 Å². The Morgan fingerprint density at radius 1 is 1.26 bits per heavy atom. The first-order valence-electron chi connectivity index (χ1n) is 8.53. The van der Waals surface area contributed by atoms with Crippen molar-refractivity contribution < 1.29 is 13.7 Å².